The van der Waals surface area contributed by atoms with Crippen LogP contribution in [0.4, 0.5) is 5.69 Å². The second-order valence-corrected chi connectivity index (χ2v) is 7.05. The molecule has 1 unspecified atom stereocenters. The van der Waals surface area contributed by atoms with E-state index in [1.807, 2.05) is 19.1 Å². The molecule has 0 bridgehead atoms. The van der Waals surface area contributed by atoms with Crippen molar-refractivity contribution in [3.05, 3.63) is 29.8 Å². The minimum atomic E-state index is -1.25. The Morgan fingerprint density at radius 1 is 1.22 bits per heavy atom. The lowest BCUT2D eigenvalue weighted by molar-refractivity contribution is -0.178. The van der Waals surface area contributed by atoms with E-state index in [2.05, 4.69) is 5.32 Å². The Labute approximate surface area is 136 Å². The number of aliphatic carboxylic acids is 1. The number of carboxylic acids is 1. The third-order valence-electron chi connectivity index (χ3n) is 5.60. The number of carbonyl (C=O) groups excluding carboxylic acids is 1. The number of benzene rings is 1. The Balaban J connectivity index is 1.69. The van der Waals surface area contributed by atoms with Crippen LogP contribution in [0, 0.1) is 10.8 Å². The summed E-state index contributed by atoms with van der Waals surface area (Å²) < 4.78 is 5.25. The molecule has 1 amide bonds. The summed E-state index contributed by atoms with van der Waals surface area (Å²) in [5.41, 5.74) is 0.500. The molecule has 23 heavy (non-hydrogen) atoms. The van der Waals surface area contributed by atoms with E-state index in [-0.39, 0.29) is 11.5 Å². The van der Waals surface area contributed by atoms with Crippen LogP contribution in [0.1, 0.15) is 50.7 Å². The number of nitrogens with one attached hydrogen (secondary N) is 1. The second kappa shape index (κ2) is 5.64. The standard InChI is InChI=1S/C18H23NO4/c1-12(23-2)13-4-6-14(7-5-13)19-15(20)18(16(21)22)10-17(11-18)8-3-9-17/h4-7,12H,3,8-11H2,1-2H3,(H,19,20)(H,21,22). The van der Waals surface area contributed by atoms with Gasteiger partial charge in [-0.15, -0.1) is 0 Å². The summed E-state index contributed by atoms with van der Waals surface area (Å²) in [6.45, 7) is 1.94. The molecule has 124 valence electrons. The first kappa shape index (κ1) is 16.0. The monoisotopic (exact) mass is 317 g/mol. The summed E-state index contributed by atoms with van der Waals surface area (Å²) >= 11 is 0. The van der Waals surface area contributed by atoms with E-state index in [0.717, 1.165) is 24.8 Å². The first-order valence-electron chi connectivity index (χ1n) is 8.08. The van der Waals surface area contributed by atoms with E-state index in [0.29, 0.717) is 18.5 Å². The predicted molar refractivity (Wildman–Crippen MR) is 86.1 cm³/mol. The molecule has 1 spiro atoms. The van der Waals surface area contributed by atoms with Crippen molar-refractivity contribution in [1.29, 1.82) is 0 Å². The summed E-state index contributed by atoms with van der Waals surface area (Å²) in [7, 11) is 1.64. The number of ether oxygens (including phenoxy) is 1. The Hall–Kier alpha value is -1.88. The first-order valence-corrected chi connectivity index (χ1v) is 8.08. The van der Waals surface area contributed by atoms with Crippen molar-refractivity contribution in [2.24, 2.45) is 10.8 Å². The zero-order valence-corrected chi connectivity index (χ0v) is 13.6. The lowest BCUT2D eigenvalue weighted by atomic mass is 9.45. The predicted octanol–water partition coefficient (Wildman–Crippen LogP) is 3.37. The van der Waals surface area contributed by atoms with E-state index >= 15 is 0 Å². The van der Waals surface area contributed by atoms with Gasteiger partial charge in [-0.2, -0.15) is 0 Å². The van der Waals surface area contributed by atoms with Crippen LogP contribution in [0.25, 0.3) is 0 Å². The number of rotatable bonds is 5. The highest BCUT2D eigenvalue weighted by Crippen LogP contribution is 2.64. The van der Waals surface area contributed by atoms with E-state index in [9.17, 15) is 14.7 Å². The molecule has 1 aromatic carbocycles. The smallest absolute Gasteiger partial charge is 0.319 e. The van der Waals surface area contributed by atoms with Gasteiger partial charge in [-0.25, -0.2) is 0 Å². The summed E-state index contributed by atoms with van der Waals surface area (Å²) in [4.78, 5) is 24.2. The lowest BCUT2D eigenvalue weighted by Gasteiger charge is -2.58. The third-order valence-corrected chi connectivity index (χ3v) is 5.60. The van der Waals surface area contributed by atoms with Gasteiger partial charge in [-0.05, 0) is 55.7 Å². The van der Waals surface area contributed by atoms with Crippen molar-refractivity contribution in [2.45, 2.75) is 45.1 Å². The van der Waals surface area contributed by atoms with Crippen LogP contribution in [0.5, 0.6) is 0 Å². The van der Waals surface area contributed by atoms with Gasteiger partial charge >= 0.3 is 5.97 Å². The molecule has 0 aliphatic heterocycles. The molecular formula is C18H23NO4. The molecule has 0 radical (unpaired) electrons. The third kappa shape index (κ3) is 2.63. The van der Waals surface area contributed by atoms with Gasteiger partial charge in [0.05, 0.1) is 6.10 Å². The van der Waals surface area contributed by atoms with Crippen LogP contribution in [0.3, 0.4) is 0 Å². The molecule has 0 heterocycles. The zero-order chi connectivity index (χ0) is 16.7. The maximum absolute atomic E-state index is 12.5. The highest BCUT2D eigenvalue weighted by Gasteiger charge is 2.64. The molecule has 0 saturated heterocycles. The minimum Gasteiger partial charge on any atom is -0.480 e. The topological polar surface area (TPSA) is 75.6 Å². The Morgan fingerprint density at radius 3 is 2.26 bits per heavy atom. The fourth-order valence-corrected chi connectivity index (χ4v) is 3.89. The molecular weight excluding hydrogens is 294 g/mol. The van der Waals surface area contributed by atoms with Gasteiger partial charge in [-0.3, -0.25) is 9.59 Å². The van der Waals surface area contributed by atoms with Crippen LogP contribution in [-0.4, -0.2) is 24.1 Å². The van der Waals surface area contributed by atoms with Gasteiger partial charge < -0.3 is 15.2 Å². The molecule has 2 N–H and O–H groups in total. The van der Waals surface area contributed by atoms with Gasteiger partial charge in [0.2, 0.25) is 5.91 Å². The number of carboxylic acid groups (broad SMARTS) is 1. The van der Waals surface area contributed by atoms with Crippen LogP contribution in [0.15, 0.2) is 24.3 Å². The SMILES string of the molecule is COC(C)c1ccc(NC(=O)C2(C(=O)O)CC3(CCC3)C2)cc1. The summed E-state index contributed by atoms with van der Waals surface area (Å²) in [6, 6.07) is 7.34. The number of hydrogen-bond donors (Lipinski definition) is 2. The maximum atomic E-state index is 12.5. The molecule has 5 heteroatoms. The highest BCUT2D eigenvalue weighted by atomic mass is 16.5. The second-order valence-electron chi connectivity index (χ2n) is 7.05. The van der Waals surface area contributed by atoms with Crippen molar-refractivity contribution in [2.75, 3.05) is 12.4 Å². The summed E-state index contributed by atoms with van der Waals surface area (Å²) in [6.07, 6.45) is 4.18. The van der Waals surface area contributed by atoms with Gasteiger partial charge in [0.1, 0.15) is 5.41 Å². The Bertz CT molecular complexity index is 610. The average molecular weight is 317 g/mol. The molecule has 2 fully saturated rings. The maximum Gasteiger partial charge on any atom is 0.319 e. The summed E-state index contributed by atoms with van der Waals surface area (Å²) in [5, 5.41) is 12.3. The van der Waals surface area contributed by atoms with Crippen LogP contribution in [-0.2, 0) is 14.3 Å². The number of carbonyl (C=O) groups is 2. The van der Waals surface area contributed by atoms with E-state index in [1.165, 1.54) is 0 Å². The van der Waals surface area contributed by atoms with Crippen molar-refractivity contribution in [3.8, 4) is 0 Å². The quantitative estimate of drug-likeness (QED) is 0.816. The van der Waals surface area contributed by atoms with Crippen molar-refractivity contribution >= 4 is 17.6 Å². The Kier molecular flexibility index (Phi) is 3.92. The van der Waals surface area contributed by atoms with Gasteiger partial charge in [0.15, 0.2) is 0 Å². The van der Waals surface area contributed by atoms with Gasteiger partial charge in [-0.1, -0.05) is 18.6 Å². The van der Waals surface area contributed by atoms with E-state index < -0.39 is 17.3 Å². The largest absolute Gasteiger partial charge is 0.480 e. The number of methoxy groups -OCH3 is 1. The fourth-order valence-electron chi connectivity index (χ4n) is 3.89. The molecule has 3 rings (SSSR count). The molecule has 0 aromatic heterocycles. The minimum absolute atomic E-state index is 0.0183. The molecule has 2 aliphatic rings. The average Bonchev–Trinajstić information content (AvgIpc) is 2.44. The number of anilines is 1. The molecule has 1 atom stereocenters. The highest BCUT2D eigenvalue weighted by molar-refractivity contribution is 6.09. The van der Waals surface area contributed by atoms with Crippen LogP contribution >= 0.6 is 0 Å². The summed E-state index contributed by atoms with van der Waals surface area (Å²) in [5.74, 6) is -1.40. The normalized spacial score (nSPS) is 21.8. The molecule has 2 aliphatic carbocycles. The van der Waals surface area contributed by atoms with E-state index in [4.69, 9.17) is 4.74 Å². The van der Waals surface area contributed by atoms with Crippen molar-refractivity contribution in [1.82, 2.24) is 0 Å². The van der Waals surface area contributed by atoms with Crippen molar-refractivity contribution in [3.63, 3.8) is 0 Å². The molecule has 2 saturated carbocycles. The van der Waals surface area contributed by atoms with Gasteiger partial charge in [0.25, 0.3) is 0 Å². The fraction of sp³-hybridized carbons (Fsp3) is 0.556. The van der Waals surface area contributed by atoms with Gasteiger partial charge in [0, 0.05) is 12.8 Å². The number of hydrogen-bond acceptors (Lipinski definition) is 3. The van der Waals surface area contributed by atoms with Crippen molar-refractivity contribution < 1.29 is 19.4 Å². The number of amides is 1. The van der Waals surface area contributed by atoms with Crippen LogP contribution in [0.2, 0.25) is 0 Å². The first-order chi connectivity index (χ1) is 10.9. The zero-order valence-electron chi connectivity index (χ0n) is 13.6. The molecule has 1 aromatic rings. The van der Waals surface area contributed by atoms with Crippen LogP contribution < -0.4 is 5.32 Å². The Morgan fingerprint density at radius 2 is 1.83 bits per heavy atom. The molecule has 5 nitrogen and oxygen atoms in total. The lowest BCUT2D eigenvalue weighted by Crippen LogP contribution is -2.59. The van der Waals surface area contributed by atoms with E-state index in [1.54, 1.807) is 19.2 Å².